The maximum absolute atomic E-state index is 12.1. The van der Waals surface area contributed by atoms with E-state index in [1.165, 1.54) is 6.42 Å². The van der Waals surface area contributed by atoms with Gasteiger partial charge in [0, 0.05) is 18.0 Å². The number of hydrogen-bond donors (Lipinski definition) is 2. The van der Waals surface area contributed by atoms with Crippen LogP contribution in [0.3, 0.4) is 0 Å². The van der Waals surface area contributed by atoms with Gasteiger partial charge >= 0.3 is 0 Å². The van der Waals surface area contributed by atoms with Crippen LogP contribution in [0.5, 0.6) is 5.75 Å². The number of ether oxygens (including phenoxy) is 1. The summed E-state index contributed by atoms with van der Waals surface area (Å²) in [7, 11) is 0. The molecule has 2 N–H and O–H groups in total. The molecule has 1 amide bonds. The molecule has 2 atom stereocenters. The van der Waals surface area contributed by atoms with Crippen LogP contribution in [0.1, 0.15) is 18.4 Å². The van der Waals surface area contributed by atoms with Crippen LogP contribution in [0.4, 0.5) is 0 Å². The second-order valence-corrected chi connectivity index (χ2v) is 5.94. The van der Waals surface area contributed by atoms with E-state index in [0.717, 1.165) is 37.4 Å². The number of carbonyl (C=O) groups excluding carboxylic acids is 1. The second-order valence-electron chi connectivity index (χ2n) is 5.50. The molecule has 0 bridgehead atoms. The predicted molar refractivity (Wildman–Crippen MR) is 78.2 cm³/mol. The van der Waals surface area contributed by atoms with Crippen molar-refractivity contribution in [1.82, 2.24) is 10.6 Å². The minimum absolute atomic E-state index is 0.0247. The Hall–Kier alpha value is -1.26. The molecule has 1 aromatic carbocycles. The lowest BCUT2D eigenvalue weighted by Gasteiger charge is -2.13. The van der Waals surface area contributed by atoms with Crippen molar-refractivity contribution in [3.05, 3.63) is 28.8 Å². The number of rotatable bonds is 4. The van der Waals surface area contributed by atoms with Crippen molar-refractivity contribution in [2.75, 3.05) is 19.6 Å². The lowest BCUT2D eigenvalue weighted by Crippen LogP contribution is -2.38. The summed E-state index contributed by atoms with van der Waals surface area (Å²) >= 11 is 5.94. The molecular weight excluding hydrogens is 276 g/mol. The molecule has 3 rings (SSSR count). The van der Waals surface area contributed by atoms with Gasteiger partial charge in [0.1, 0.15) is 5.75 Å². The molecule has 1 aromatic rings. The van der Waals surface area contributed by atoms with Crippen LogP contribution in [0, 0.1) is 5.92 Å². The van der Waals surface area contributed by atoms with Gasteiger partial charge in [-0.3, -0.25) is 4.79 Å². The normalized spacial score (nSPS) is 24.2. The molecule has 4 nitrogen and oxygen atoms in total. The molecule has 0 radical (unpaired) electrons. The standard InChI is InChI=1S/C15H19ClN2O2/c16-12-1-2-13-11(7-12)8-14(20-13)15(19)18-6-4-10-3-5-17-9-10/h1-2,7,10,14,17H,3-6,8-9H2,(H,18,19). The molecular formula is C15H19ClN2O2. The molecule has 2 aliphatic rings. The predicted octanol–water partition coefficient (Wildman–Crippen LogP) is 1.76. The average Bonchev–Trinajstić information content (AvgIpc) is 3.06. The smallest absolute Gasteiger partial charge is 0.261 e. The van der Waals surface area contributed by atoms with Crippen molar-refractivity contribution >= 4 is 17.5 Å². The molecule has 108 valence electrons. The first-order valence-corrected chi connectivity index (χ1v) is 7.53. The van der Waals surface area contributed by atoms with E-state index in [0.29, 0.717) is 17.4 Å². The van der Waals surface area contributed by atoms with Gasteiger partial charge in [-0.25, -0.2) is 0 Å². The van der Waals surface area contributed by atoms with E-state index in [1.54, 1.807) is 6.07 Å². The van der Waals surface area contributed by atoms with E-state index >= 15 is 0 Å². The summed E-state index contributed by atoms with van der Waals surface area (Å²) < 4.78 is 5.66. The highest BCUT2D eigenvalue weighted by atomic mass is 35.5. The van der Waals surface area contributed by atoms with E-state index < -0.39 is 6.10 Å². The largest absolute Gasteiger partial charge is 0.480 e. The first-order chi connectivity index (χ1) is 9.72. The summed E-state index contributed by atoms with van der Waals surface area (Å²) in [4.78, 5) is 12.1. The Morgan fingerprint density at radius 1 is 1.50 bits per heavy atom. The van der Waals surface area contributed by atoms with Crippen molar-refractivity contribution in [2.45, 2.75) is 25.4 Å². The average molecular weight is 295 g/mol. The van der Waals surface area contributed by atoms with E-state index in [9.17, 15) is 4.79 Å². The van der Waals surface area contributed by atoms with Crippen molar-refractivity contribution in [3.63, 3.8) is 0 Å². The van der Waals surface area contributed by atoms with E-state index in [-0.39, 0.29) is 5.91 Å². The van der Waals surface area contributed by atoms with Gasteiger partial charge in [0.05, 0.1) is 0 Å². The molecule has 2 unspecified atom stereocenters. The Bertz CT molecular complexity index is 501. The number of halogens is 1. The molecule has 2 heterocycles. The highest BCUT2D eigenvalue weighted by Crippen LogP contribution is 2.31. The van der Waals surface area contributed by atoms with Crippen molar-refractivity contribution in [2.24, 2.45) is 5.92 Å². The maximum atomic E-state index is 12.1. The number of hydrogen-bond acceptors (Lipinski definition) is 3. The summed E-state index contributed by atoms with van der Waals surface area (Å²) in [6.07, 6.45) is 2.43. The molecule has 5 heteroatoms. The molecule has 0 aliphatic carbocycles. The topological polar surface area (TPSA) is 50.4 Å². The molecule has 20 heavy (non-hydrogen) atoms. The summed E-state index contributed by atoms with van der Waals surface area (Å²) in [5.41, 5.74) is 1.01. The Balaban J connectivity index is 1.47. The van der Waals surface area contributed by atoms with Gasteiger partial charge < -0.3 is 15.4 Å². The molecule has 0 saturated carbocycles. The summed E-state index contributed by atoms with van der Waals surface area (Å²) in [6.45, 7) is 2.89. The fourth-order valence-corrected chi connectivity index (χ4v) is 3.03. The van der Waals surface area contributed by atoms with Crippen LogP contribution >= 0.6 is 11.6 Å². The van der Waals surface area contributed by atoms with Crippen LogP contribution < -0.4 is 15.4 Å². The molecule has 1 saturated heterocycles. The highest BCUT2D eigenvalue weighted by Gasteiger charge is 2.29. The Morgan fingerprint density at radius 2 is 2.40 bits per heavy atom. The summed E-state index contributed by atoms with van der Waals surface area (Å²) in [5, 5.41) is 6.99. The van der Waals surface area contributed by atoms with Gasteiger partial charge in [0.15, 0.2) is 6.10 Å². The van der Waals surface area contributed by atoms with Gasteiger partial charge in [0.2, 0.25) is 0 Å². The third-order valence-electron chi connectivity index (χ3n) is 4.00. The third-order valence-corrected chi connectivity index (χ3v) is 4.24. The number of carbonyl (C=O) groups is 1. The van der Waals surface area contributed by atoms with Gasteiger partial charge in [-0.15, -0.1) is 0 Å². The van der Waals surface area contributed by atoms with Gasteiger partial charge in [-0.1, -0.05) is 11.6 Å². The van der Waals surface area contributed by atoms with Crippen molar-refractivity contribution in [3.8, 4) is 5.75 Å². The van der Waals surface area contributed by atoms with Crippen molar-refractivity contribution in [1.29, 1.82) is 0 Å². The fraction of sp³-hybridized carbons (Fsp3) is 0.533. The monoisotopic (exact) mass is 294 g/mol. The van der Waals surface area contributed by atoms with Gasteiger partial charge in [-0.2, -0.15) is 0 Å². The third kappa shape index (κ3) is 3.07. The summed E-state index contributed by atoms with van der Waals surface area (Å²) in [5.74, 6) is 1.44. The van der Waals surface area contributed by atoms with Crippen LogP contribution in [-0.2, 0) is 11.2 Å². The Labute approximate surface area is 123 Å². The minimum atomic E-state index is -0.412. The van der Waals surface area contributed by atoms with Crippen LogP contribution in [0.2, 0.25) is 5.02 Å². The lowest BCUT2D eigenvalue weighted by atomic mass is 10.1. The van der Waals surface area contributed by atoms with Gasteiger partial charge in [0.25, 0.3) is 5.91 Å². The van der Waals surface area contributed by atoms with E-state index in [2.05, 4.69) is 10.6 Å². The number of benzene rings is 1. The second kappa shape index (κ2) is 6.02. The number of amides is 1. The van der Waals surface area contributed by atoms with E-state index in [1.807, 2.05) is 12.1 Å². The molecule has 2 aliphatic heterocycles. The quantitative estimate of drug-likeness (QED) is 0.890. The zero-order valence-electron chi connectivity index (χ0n) is 11.3. The molecule has 0 spiro atoms. The van der Waals surface area contributed by atoms with E-state index in [4.69, 9.17) is 16.3 Å². The lowest BCUT2D eigenvalue weighted by molar-refractivity contribution is -0.127. The highest BCUT2D eigenvalue weighted by molar-refractivity contribution is 6.30. The first kappa shape index (κ1) is 13.7. The fourth-order valence-electron chi connectivity index (χ4n) is 2.84. The van der Waals surface area contributed by atoms with Gasteiger partial charge in [-0.05, 0) is 55.6 Å². The van der Waals surface area contributed by atoms with Crippen LogP contribution in [-0.4, -0.2) is 31.6 Å². The SMILES string of the molecule is O=C(NCCC1CCNC1)C1Cc2cc(Cl)ccc2O1. The van der Waals surface area contributed by atoms with Crippen LogP contribution in [0.25, 0.3) is 0 Å². The summed E-state index contributed by atoms with van der Waals surface area (Å²) in [6, 6.07) is 5.48. The zero-order valence-corrected chi connectivity index (χ0v) is 12.1. The Morgan fingerprint density at radius 3 is 3.20 bits per heavy atom. The number of nitrogens with one attached hydrogen (secondary N) is 2. The minimum Gasteiger partial charge on any atom is -0.480 e. The zero-order chi connectivity index (χ0) is 13.9. The molecule has 0 aromatic heterocycles. The first-order valence-electron chi connectivity index (χ1n) is 7.16. The van der Waals surface area contributed by atoms with Crippen LogP contribution in [0.15, 0.2) is 18.2 Å². The van der Waals surface area contributed by atoms with Crippen molar-refractivity contribution < 1.29 is 9.53 Å². The maximum Gasteiger partial charge on any atom is 0.261 e. The molecule has 1 fully saturated rings. The Kier molecular flexibility index (Phi) is 4.13. The number of fused-ring (bicyclic) bond motifs is 1.